The number of ether oxygens (including phenoxy) is 2. The normalized spacial score (nSPS) is 28.1. The van der Waals surface area contributed by atoms with Gasteiger partial charge >= 0.3 is 6.09 Å². The molecule has 27 heavy (non-hydrogen) atoms. The van der Waals surface area contributed by atoms with Gasteiger partial charge in [0.1, 0.15) is 0 Å². The molecule has 3 fully saturated rings. The Hall–Kier alpha value is -1.50. The van der Waals surface area contributed by atoms with Gasteiger partial charge in [-0.2, -0.15) is 0 Å². The van der Waals surface area contributed by atoms with E-state index in [1.807, 2.05) is 14.0 Å². The number of guanidine groups is 1. The summed E-state index contributed by atoms with van der Waals surface area (Å²) in [5.41, 5.74) is 0.293. The third-order valence-electron chi connectivity index (χ3n) is 6.58. The summed E-state index contributed by atoms with van der Waals surface area (Å²) < 4.78 is 11.1. The molecule has 1 amide bonds. The van der Waals surface area contributed by atoms with Crippen LogP contribution in [-0.4, -0.2) is 68.5 Å². The van der Waals surface area contributed by atoms with Crippen LogP contribution < -0.4 is 10.6 Å². The number of carbonyl (C=O) groups is 1. The molecule has 3 rings (SSSR count). The molecule has 1 aliphatic heterocycles. The maximum atomic E-state index is 11.8. The second kappa shape index (κ2) is 9.13. The van der Waals surface area contributed by atoms with E-state index in [1.165, 1.54) is 25.7 Å². The Morgan fingerprint density at radius 1 is 1.15 bits per heavy atom. The predicted octanol–water partition coefficient (Wildman–Crippen LogP) is 2.51. The summed E-state index contributed by atoms with van der Waals surface area (Å²) in [6.45, 7) is 6.62. The van der Waals surface area contributed by atoms with Crippen molar-refractivity contribution in [3.63, 3.8) is 0 Å². The fourth-order valence-corrected chi connectivity index (χ4v) is 5.04. The largest absolute Gasteiger partial charge is 0.450 e. The zero-order chi connectivity index (χ0) is 19.3. The standard InChI is InChI=1S/C20H36N4O3/c1-4-26-17-14-16(20(17)10-6-7-11-20)23-18(21-3)22-15-8-12-24(13-9-15)19(25)27-5-2/h15-17H,4-14H2,1-3H3,(H2,21,22,23). The average Bonchev–Trinajstić information content (AvgIpc) is 3.20. The molecule has 2 N–H and O–H groups in total. The van der Waals surface area contributed by atoms with E-state index >= 15 is 0 Å². The zero-order valence-corrected chi connectivity index (χ0v) is 17.1. The second-order valence-electron chi connectivity index (χ2n) is 7.99. The predicted molar refractivity (Wildman–Crippen MR) is 106 cm³/mol. The molecule has 154 valence electrons. The van der Waals surface area contributed by atoms with Crippen LogP contribution in [0, 0.1) is 5.41 Å². The fraction of sp³-hybridized carbons (Fsp3) is 0.900. The molecule has 0 aromatic heterocycles. The van der Waals surface area contributed by atoms with Crippen molar-refractivity contribution in [2.75, 3.05) is 33.4 Å². The van der Waals surface area contributed by atoms with E-state index in [0.717, 1.165) is 44.9 Å². The first kappa shape index (κ1) is 20.2. The van der Waals surface area contributed by atoms with Gasteiger partial charge in [-0.25, -0.2) is 4.79 Å². The van der Waals surface area contributed by atoms with Crippen molar-refractivity contribution in [2.45, 2.75) is 77.0 Å². The molecule has 1 heterocycles. The summed E-state index contributed by atoms with van der Waals surface area (Å²) >= 11 is 0. The van der Waals surface area contributed by atoms with Crippen molar-refractivity contribution in [3.8, 4) is 0 Å². The number of nitrogens with zero attached hydrogens (tertiary/aromatic N) is 2. The molecule has 3 aliphatic rings. The summed E-state index contributed by atoms with van der Waals surface area (Å²) in [5.74, 6) is 0.885. The van der Waals surface area contributed by atoms with Crippen molar-refractivity contribution in [3.05, 3.63) is 0 Å². The number of rotatable bonds is 5. The minimum absolute atomic E-state index is 0.196. The number of aliphatic imine (C=N–C) groups is 1. The third kappa shape index (κ3) is 4.33. The molecule has 0 aromatic carbocycles. The van der Waals surface area contributed by atoms with Crippen molar-refractivity contribution < 1.29 is 14.3 Å². The molecule has 0 bridgehead atoms. The van der Waals surface area contributed by atoms with Gasteiger partial charge in [0.15, 0.2) is 5.96 Å². The maximum Gasteiger partial charge on any atom is 0.409 e. The highest BCUT2D eigenvalue weighted by atomic mass is 16.6. The Morgan fingerprint density at radius 3 is 2.44 bits per heavy atom. The van der Waals surface area contributed by atoms with Gasteiger partial charge in [0.25, 0.3) is 0 Å². The van der Waals surface area contributed by atoms with Crippen LogP contribution in [0.2, 0.25) is 0 Å². The van der Waals surface area contributed by atoms with Crippen LogP contribution in [0.3, 0.4) is 0 Å². The van der Waals surface area contributed by atoms with Crippen LogP contribution in [0.4, 0.5) is 4.79 Å². The Labute approximate surface area is 163 Å². The molecule has 7 heteroatoms. The summed E-state index contributed by atoms with van der Waals surface area (Å²) in [5, 5.41) is 7.25. The molecule has 0 aromatic rings. The molecule has 2 saturated carbocycles. The Kier molecular flexibility index (Phi) is 6.84. The van der Waals surface area contributed by atoms with Gasteiger partial charge in [0.2, 0.25) is 0 Å². The summed E-state index contributed by atoms with van der Waals surface area (Å²) in [6, 6.07) is 0.784. The molecule has 2 aliphatic carbocycles. The lowest BCUT2D eigenvalue weighted by Gasteiger charge is -2.54. The van der Waals surface area contributed by atoms with Gasteiger partial charge in [-0.05, 0) is 46.0 Å². The van der Waals surface area contributed by atoms with Crippen LogP contribution in [-0.2, 0) is 9.47 Å². The molecular formula is C20H36N4O3. The minimum atomic E-state index is -0.196. The number of likely N-dealkylation sites (tertiary alicyclic amines) is 1. The van der Waals surface area contributed by atoms with E-state index in [-0.39, 0.29) is 6.09 Å². The molecular weight excluding hydrogens is 344 g/mol. The summed E-state index contributed by atoms with van der Waals surface area (Å²) in [4.78, 5) is 18.1. The lowest BCUT2D eigenvalue weighted by Crippen LogP contribution is -2.65. The monoisotopic (exact) mass is 380 g/mol. The summed E-state index contributed by atoms with van der Waals surface area (Å²) in [6.07, 6.45) is 8.21. The van der Waals surface area contributed by atoms with Gasteiger partial charge in [-0.3, -0.25) is 4.99 Å². The van der Waals surface area contributed by atoms with Gasteiger partial charge in [0.05, 0.1) is 12.7 Å². The molecule has 1 spiro atoms. The van der Waals surface area contributed by atoms with Crippen LogP contribution in [0.25, 0.3) is 0 Å². The Bertz CT molecular complexity index is 525. The van der Waals surface area contributed by atoms with E-state index in [9.17, 15) is 4.79 Å². The van der Waals surface area contributed by atoms with Gasteiger partial charge in [-0.15, -0.1) is 0 Å². The highest BCUT2D eigenvalue weighted by molar-refractivity contribution is 5.80. The highest BCUT2D eigenvalue weighted by Gasteiger charge is 2.57. The van der Waals surface area contributed by atoms with Crippen LogP contribution in [0.15, 0.2) is 4.99 Å². The molecule has 0 radical (unpaired) electrons. The van der Waals surface area contributed by atoms with E-state index in [2.05, 4.69) is 22.5 Å². The van der Waals surface area contributed by atoms with Gasteiger partial charge in [-0.1, -0.05) is 12.8 Å². The lowest BCUT2D eigenvalue weighted by molar-refractivity contribution is -0.125. The van der Waals surface area contributed by atoms with Crippen molar-refractivity contribution >= 4 is 12.1 Å². The quantitative estimate of drug-likeness (QED) is 0.566. The van der Waals surface area contributed by atoms with Crippen molar-refractivity contribution in [1.82, 2.24) is 15.5 Å². The number of amides is 1. The first-order valence-electron chi connectivity index (χ1n) is 10.7. The minimum Gasteiger partial charge on any atom is -0.450 e. The van der Waals surface area contributed by atoms with Gasteiger partial charge < -0.3 is 25.0 Å². The topological polar surface area (TPSA) is 75.2 Å². The van der Waals surface area contributed by atoms with Crippen LogP contribution in [0.1, 0.15) is 58.8 Å². The molecule has 1 saturated heterocycles. The van der Waals surface area contributed by atoms with Crippen molar-refractivity contribution in [2.24, 2.45) is 10.4 Å². The fourth-order valence-electron chi connectivity index (χ4n) is 5.04. The number of hydrogen-bond donors (Lipinski definition) is 2. The lowest BCUT2D eigenvalue weighted by atomic mass is 9.60. The van der Waals surface area contributed by atoms with E-state index in [4.69, 9.17) is 9.47 Å². The SMILES string of the molecule is CCOC(=O)N1CCC(NC(=NC)NC2CC(OCC)C23CCCC3)CC1. The van der Waals surface area contributed by atoms with E-state index < -0.39 is 0 Å². The first-order chi connectivity index (χ1) is 13.1. The second-order valence-corrected chi connectivity index (χ2v) is 7.99. The smallest absolute Gasteiger partial charge is 0.409 e. The van der Waals surface area contributed by atoms with Gasteiger partial charge in [0, 0.05) is 44.2 Å². The number of hydrogen-bond acceptors (Lipinski definition) is 4. The zero-order valence-electron chi connectivity index (χ0n) is 17.1. The van der Waals surface area contributed by atoms with Crippen molar-refractivity contribution in [1.29, 1.82) is 0 Å². The van der Waals surface area contributed by atoms with E-state index in [1.54, 1.807) is 4.90 Å². The van der Waals surface area contributed by atoms with E-state index in [0.29, 0.717) is 30.2 Å². The Balaban J connectivity index is 1.48. The number of piperidine rings is 1. The summed E-state index contributed by atoms with van der Waals surface area (Å²) in [7, 11) is 1.84. The first-order valence-corrected chi connectivity index (χ1v) is 10.7. The third-order valence-corrected chi connectivity index (χ3v) is 6.58. The highest BCUT2D eigenvalue weighted by Crippen LogP contribution is 2.54. The number of carbonyl (C=O) groups excluding carboxylic acids is 1. The van der Waals surface area contributed by atoms with Crippen LogP contribution >= 0.6 is 0 Å². The molecule has 2 atom stereocenters. The molecule has 2 unspecified atom stereocenters. The molecule has 7 nitrogen and oxygen atoms in total. The Morgan fingerprint density at radius 2 is 1.85 bits per heavy atom. The number of nitrogens with one attached hydrogen (secondary N) is 2. The maximum absolute atomic E-state index is 11.8. The average molecular weight is 381 g/mol. The van der Waals surface area contributed by atoms with Crippen LogP contribution in [0.5, 0.6) is 0 Å².